The average molecular weight is 448 g/mol. The van der Waals surface area contributed by atoms with Crippen molar-refractivity contribution in [2.75, 3.05) is 11.4 Å². The summed E-state index contributed by atoms with van der Waals surface area (Å²) >= 11 is 1.41. The zero-order valence-corrected chi connectivity index (χ0v) is 20.8. The molecule has 1 saturated heterocycles. The number of fused-ring (bicyclic) bond motifs is 1. The third kappa shape index (κ3) is 4.49. The van der Waals surface area contributed by atoms with E-state index in [2.05, 4.69) is 62.0 Å². The molecule has 0 aromatic heterocycles. The monoisotopic (exact) mass is 447 g/mol. The van der Waals surface area contributed by atoms with Crippen LogP contribution in [0.25, 0.3) is 6.08 Å². The Morgan fingerprint density at radius 3 is 2.62 bits per heavy atom. The highest BCUT2D eigenvalue weighted by Crippen LogP contribution is 2.45. The lowest BCUT2D eigenvalue weighted by Crippen LogP contribution is -2.48. The van der Waals surface area contributed by atoms with E-state index >= 15 is 0 Å². The number of hydrogen-bond donors (Lipinski definition) is 1. The van der Waals surface area contributed by atoms with Gasteiger partial charge in [0.25, 0.3) is 5.91 Å². The molecule has 4 nitrogen and oxygen atoms in total. The third-order valence-corrected chi connectivity index (χ3v) is 7.33. The van der Waals surface area contributed by atoms with Gasteiger partial charge in [-0.15, -0.1) is 0 Å². The number of amides is 1. The van der Waals surface area contributed by atoms with Crippen LogP contribution >= 0.6 is 11.8 Å². The van der Waals surface area contributed by atoms with Crippen LogP contribution in [-0.2, 0) is 4.79 Å². The van der Waals surface area contributed by atoms with E-state index in [-0.39, 0.29) is 11.4 Å². The number of hydrogen-bond acceptors (Lipinski definition) is 4. The molecule has 1 atom stereocenters. The second-order valence-electron chi connectivity index (χ2n) is 9.65. The predicted octanol–water partition coefficient (Wildman–Crippen LogP) is 6.70. The van der Waals surface area contributed by atoms with Gasteiger partial charge < -0.3 is 10.2 Å². The van der Waals surface area contributed by atoms with Gasteiger partial charge in [-0.1, -0.05) is 31.5 Å². The smallest absolute Gasteiger partial charge is 0.264 e. The number of benzene rings is 2. The first-order chi connectivity index (χ1) is 15.2. The van der Waals surface area contributed by atoms with Gasteiger partial charge >= 0.3 is 0 Å². The summed E-state index contributed by atoms with van der Waals surface area (Å²) in [5, 5.41) is 3.54. The molecule has 0 bridgehead atoms. The van der Waals surface area contributed by atoms with Gasteiger partial charge in [0.1, 0.15) is 0 Å². The molecule has 168 valence electrons. The lowest BCUT2D eigenvalue weighted by atomic mass is 9.79. The topological polar surface area (TPSA) is 44.7 Å². The van der Waals surface area contributed by atoms with E-state index in [0.717, 1.165) is 30.6 Å². The lowest BCUT2D eigenvalue weighted by molar-refractivity contribution is -0.115. The van der Waals surface area contributed by atoms with E-state index in [1.54, 1.807) is 0 Å². The minimum absolute atomic E-state index is 0.0835. The maximum atomic E-state index is 12.6. The Labute approximate surface area is 196 Å². The quantitative estimate of drug-likeness (QED) is 0.531. The summed E-state index contributed by atoms with van der Waals surface area (Å²) in [6.45, 7) is 14.5. The van der Waals surface area contributed by atoms with Gasteiger partial charge in [-0.3, -0.25) is 4.79 Å². The van der Waals surface area contributed by atoms with Crippen LogP contribution in [0.2, 0.25) is 0 Å². The highest BCUT2D eigenvalue weighted by atomic mass is 32.2. The summed E-state index contributed by atoms with van der Waals surface area (Å²) in [5.74, 6) is 0.398. The number of nitrogens with zero attached hydrogens (tertiary/aromatic N) is 2. The maximum absolute atomic E-state index is 12.6. The molecule has 0 saturated carbocycles. The van der Waals surface area contributed by atoms with Crippen LogP contribution in [0, 0.1) is 13.8 Å². The Hall–Kier alpha value is -2.53. The molecular weight excluding hydrogens is 414 g/mol. The van der Waals surface area contributed by atoms with Crippen molar-refractivity contribution in [1.82, 2.24) is 5.32 Å². The fourth-order valence-corrected chi connectivity index (χ4v) is 5.64. The van der Waals surface area contributed by atoms with E-state index in [1.807, 2.05) is 37.3 Å². The summed E-state index contributed by atoms with van der Waals surface area (Å²) < 4.78 is 0. The molecule has 5 heteroatoms. The Balaban J connectivity index is 1.65. The summed E-state index contributed by atoms with van der Waals surface area (Å²) in [7, 11) is 0. The number of carbonyl (C=O) groups excluding carboxylic acids is 1. The average Bonchev–Trinajstić information content (AvgIpc) is 3.06. The standard InChI is InChI=1S/C27H33N3OS/c1-7-12-30-23-13-18(3)20(14-22(23)19(4)16-27(30,5)6)15-24-25(31)29-26(32-24)28-21-10-8-17(2)9-11-21/h8-11,13-15,19H,7,12,16H2,1-6H3,(H,28,29,31)/b24-15+. The second-order valence-corrected chi connectivity index (χ2v) is 10.7. The van der Waals surface area contributed by atoms with Crippen molar-refractivity contribution in [1.29, 1.82) is 0 Å². The van der Waals surface area contributed by atoms with Gasteiger partial charge in [-0.2, -0.15) is 0 Å². The van der Waals surface area contributed by atoms with Gasteiger partial charge in [0.15, 0.2) is 5.17 Å². The summed E-state index contributed by atoms with van der Waals surface area (Å²) in [6, 6.07) is 12.6. The van der Waals surface area contributed by atoms with Crippen molar-refractivity contribution < 1.29 is 4.79 Å². The van der Waals surface area contributed by atoms with Crippen molar-refractivity contribution in [3.8, 4) is 0 Å². The number of thioether (sulfide) groups is 1. The summed E-state index contributed by atoms with van der Waals surface area (Å²) in [6.07, 6.45) is 4.27. The molecule has 0 spiro atoms. The Morgan fingerprint density at radius 1 is 1.22 bits per heavy atom. The predicted molar refractivity (Wildman–Crippen MR) is 138 cm³/mol. The molecular formula is C27H33N3OS. The first-order valence-corrected chi connectivity index (χ1v) is 12.3. The lowest BCUT2D eigenvalue weighted by Gasteiger charge is -2.48. The van der Waals surface area contributed by atoms with Gasteiger partial charge in [-0.05, 0) is 105 Å². The zero-order valence-electron chi connectivity index (χ0n) is 20.0. The Kier molecular flexibility index (Phi) is 6.22. The third-order valence-electron chi connectivity index (χ3n) is 6.42. The molecule has 0 radical (unpaired) electrons. The molecule has 2 aliphatic rings. The molecule has 4 rings (SSSR count). The van der Waals surface area contributed by atoms with Crippen LogP contribution < -0.4 is 10.2 Å². The van der Waals surface area contributed by atoms with E-state index in [4.69, 9.17) is 0 Å². The molecule has 2 aromatic rings. The van der Waals surface area contributed by atoms with E-state index in [9.17, 15) is 4.79 Å². The van der Waals surface area contributed by atoms with Crippen LogP contribution in [0.1, 0.15) is 68.7 Å². The molecule has 1 unspecified atom stereocenters. The van der Waals surface area contributed by atoms with Gasteiger partial charge in [-0.25, -0.2) is 4.99 Å². The minimum Gasteiger partial charge on any atom is -0.366 e. The fraction of sp³-hybridized carbons (Fsp3) is 0.407. The van der Waals surface area contributed by atoms with Crippen LogP contribution in [0.5, 0.6) is 0 Å². The molecule has 1 N–H and O–H groups in total. The molecule has 2 heterocycles. The zero-order chi connectivity index (χ0) is 23.0. The van der Waals surface area contributed by atoms with E-state index < -0.39 is 0 Å². The highest BCUT2D eigenvalue weighted by Gasteiger charge is 2.36. The molecule has 1 fully saturated rings. The van der Waals surface area contributed by atoms with E-state index in [0.29, 0.717) is 16.0 Å². The highest BCUT2D eigenvalue weighted by molar-refractivity contribution is 8.18. The van der Waals surface area contributed by atoms with E-state index in [1.165, 1.54) is 34.1 Å². The molecule has 1 amide bonds. The normalized spacial score (nSPS) is 22.4. The SMILES string of the molecule is CCCN1c2cc(C)c(/C=C3/SC(=Nc4ccc(C)cc4)NC3=O)cc2C(C)CC1(C)C. The molecule has 32 heavy (non-hydrogen) atoms. The van der Waals surface area contributed by atoms with Crippen LogP contribution in [0.3, 0.4) is 0 Å². The Bertz CT molecular complexity index is 1100. The molecule has 2 aliphatic heterocycles. The summed E-state index contributed by atoms with van der Waals surface area (Å²) in [5.41, 5.74) is 7.22. The minimum atomic E-state index is -0.0835. The second kappa shape index (κ2) is 8.78. The number of aliphatic imine (C=N–C) groups is 1. The van der Waals surface area contributed by atoms with Crippen molar-refractivity contribution in [3.63, 3.8) is 0 Å². The number of aryl methyl sites for hydroxylation is 2. The van der Waals surface area contributed by atoms with Crippen molar-refractivity contribution in [2.24, 2.45) is 4.99 Å². The number of nitrogens with one attached hydrogen (secondary N) is 1. The van der Waals surface area contributed by atoms with Crippen molar-refractivity contribution >= 4 is 40.3 Å². The van der Waals surface area contributed by atoms with Crippen molar-refractivity contribution in [3.05, 3.63) is 63.6 Å². The number of rotatable bonds is 4. The van der Waals surface area contributed by atoms with Gasteiger partial charge in [0.05, 0.1) is 10.6 Å². The first-order valence-electron chi connectivity index (χ1n) is 11.5. The van der Waals surface area contributed by atoms with Gasteiger partial charge in [0.2, 0.25) is 0 Å². The Morgan fingerprint density at radius 2 is 1.94 bits per heavy atom. The largest absolute Gasteiger partial charge is 0.366 e. The molecule has 0 aliphatic carbocycles. The number of amidine groups is 1. The number of anilines is 1. The van der Waals surface area contributed by atoms with Crippen molar-refractivity contribution in [2.45, 2.75) is 65.8 Å². The maximum Gasteiger partial charge on any atom is 0.264 e. The van der Waals surface area contributed by atoms with Gasteiger partial charge in [0, 0.05) is 17.8 Å². The number of carbonyl (C=O) groups is 1. The van der Waals surface area contributed by atoms with Crippen LogP contribution in [0.15, 0.2) is 46.3 Å². The first kappa shape index (κ1) is 22.7. The fourth-order valence-electron chi connectivity index (χ4n) is 4.81. The van der Waals surface area contributed by atoms with Crippen LogP contribution in [-0.4, -0.2) is 23.2 Å². The molecule has 2 aromatic carbocycles. The van der Waals surface area contributed by atoms with Crippen LogP contribution in [0.4, 0.5) is 11.4 Å². The summed E-state index contributed by atoms with van der Waals surface area (Å²) in [4.78, 5) is 20.5.